The Kier molecular flexibility index (Phi) is 6.13. The van der Waals surface area contributed by atoms with Crippen molar-refractivity contribution in [1.82, 2.24) is 9.88 Å². The van der Waals surface area contributed by atoms with Crippen molar-refractivity contribution in [2.45, 2.75) is 38.6 Å². The fourth-order valence-electron chi connectivity index (χ4n) is 2.17. The van der Waals surface area contributed by atoms with Crippen molar-refractivity contribution in [3.63, 3.8) is 0 Å². The van der Waals surface area contributed by atoms with E-state index in [0.29, 0.717) is 21.4 Å². The molecule has 0 fully saturated rings. The van der Waals surface area contributed by atoms with Crippen molar-refractivity contribution in [1.29, 1.82) is 0 Å². The molecule has 10 heteroatoms. The van der Waals surface area contributed by atoms with Gasteiger partial charge in [-0.25, -0.2) is 4.98 Å². The predicted molar refractivity (Wildman–Crippen MR) is 91.8 cm³/mol. The normalized spacial score (nSPS) is 14.4. The number of thiophene rings is 1. The summed E-state index contributed by atoms with van der Waals surface area (Å²) < 4.78 is 41.0. The fourth-order valence-corrected chi connectivity index (χ4v) is 4.19. The second-order valence-corrected chi connectivity index (χ2v) is 8.10. The van der Waals surface area contributed by atoms with Gasteiger partial charge in [0.25, 0.3) is 0 Å². The standard InChI is InChI=1S/C15H16ClF3N2O2S2/c1-3-21(7-10-4-5-11(16)25-10)12(22)6-14(23,15(17,18)19)13-20-9(2)8-24-13/h4-5,8,23H,3,6-7H2,1-2H3. The molecule has 0 aromatic carbocycles. The van der Waals surface area contributed by atoms with Gasteiger partial charge in [0.15, 0.2) is 0 Å². The summed E-state index contributed by atoms with van der Waals surface area (Å²) in [4.78, 5) is 18.2. The Hall–Kier alpha value is -1.16. The van der Waals surface area contributed by atoms with Crippen LogP contribution in [0, 0.1) is 6.92 Å². The van der Waals surface area contributed by atoms with Gasteiger partial charge in [0.05, 0.1) is 17.3 Å². The molecule has 2 heterocycles. The van der Waals surface area contributed by atoms with Crippen LogP contribution in [0.1, 0.15) is 28.9 Å². The van der Waals surface area contributed by atoms with Gasteiger partial charge in [-0.1, -0.05) is 11.6 Å². The van der Waals surface area contributed by atoms with E-state index in [2.05, 4.69) is 4.98 Å². The third kappa shape index (κ3) is 4.52. The molecule has 0 aliphatic heterocycles. The summed E-state index contributed by atoms with van der Waals surface area (Å²) in [7, 11) is 0. The van der Waals surface area contributed by atoms with Crippen LogP contribution in [0.2, 0.25) is 4.34 Å². The van der Waals surface area contributed by atoms with Crippen LogP contribution in [-0.2, 0) is 16.9 Å². The second kappa shape index (κ2) is 7.61. The molecule has 0 aliphatic carbocycles. The number of aryl methyl sites for hydroxylation is 1. The number of aliphatic hydroxyl groups is 1. The Morgan fingerprint density at radius 3 is 2.52 bits per heavy atom. The van der Waals surface area contributed by atoms with Gasteiger partial charge in [-0.2, -0.15) is 13.2 Å². The molecule has 2 rings (SSSR count). The first kappa shape index (κ1) is 20.2. The number of rotatable bonds is 6. The van der Waals surface area contributed by atoms with Crippen LogP contribution in [-0.4, -0.2) is 33.6 Å². The monoisotopic (exact) mass is 412 g/mol. The zero-order chi connectivity index (χ0) is 18.8. The highest BCUT2D eigenvalue weighted by molar-refractivity contribution is 7.16. The number of hydrogen-bond acceptors (Lipinski definition) is 5. The van der Waals surface area contributed by atoms with E-state index in [1.54, 1.807) is 19.1 Å². The molecule has 1 atom stereocenters. The van der Waals surface area contributed by atoms with Gasteiger partial charge in [-0.05, 0) is 26.0 Å². The number of thiazole rings is 1. The van der Waals surface area contributed by atoms with Crippen LogP contribution in [0.4, 0.5) is 13.2 Å². The lowest BCUT2D eigenvalue weighted by molar-refractivity contribution is -0.268. The van der Waals surface area contributed by atoms with Gasteiger partial charge in [-0.15, -0.1) is 22.7 Å². The second-order valence-electron chi connectivity index (χ2n) is 5.44. The number of alkyl halides is 3. The molecule has 4 nitrogen and oxygen atoms in total. The number of nitrogens with zero attached hydrogens (tertiary/aromatic N) is 2. The Morgan fingerprint density at radius 2 is 2.08 bits per heavy atom. The van der Waals surface area contributed by atoms with Crippen LogP contribution >= 0.6 is 34.3 Å². The number of aromatic nitrogens is 1. The lowest BCUT2D eigenvalue weighted by Gasteiger charge is -2.30. The van der Waals surface area contributed by atoms with Gasteiger partial charge in [-0.3, -0.25) is 4.79 Å². The number of carbonyl (C=O) groups is 1. The summed E-state index contributed by atoms with van der Waals surface area (Å²) in [6.45, 7) is 3.53. The van der Waals surface area contributed by atoms with Gasteiger partial charge in [0.2, 0.25) is 11.5 Å². The minimum atomic E-state index is -5.02. The van der Waals surface area contributed by atoms with Gasteiger partial charge in [0.1, 0.15) is 5.01 Å². The van der Waals surface area contributed by atoms with Crippen LogP contribution < -0.4 is 0 Å². The third-order valence-corrected chi connectivity index (χ3v) is 5.89. The molecule has 1 N–H and O–H groups in total. The summed E-state index contributed by atoms with van der Waals surface area (Å²) in [5.41, 5.74) is -2.94. The Balaban J connectivity index is 2.23. The van der Waals surface area contributed by atoms with Crippen molar-refractivity contribution >= 4 is 40.2 Å². The maximum absolute atomic E-state index is 13.5. The molecule has 2 aromatic rings. The molecule has 2 aromatic heterocycles. The molecule has 0 aliphatic rings. The Bertz CT molecular complexity index is 747. The van der Waals surface area contributed by atoms with Crippen molar-refractivity contribution < 1.29 is 23.1 Å². The average molecular weight is 413 g/mol. The molecular formula is C15H16ClF3N2O2S2. The van der Waals surface area contributed by atoms with Gasteiger partial charge < -0.3 is 10.0 Å². The number of amides is 1. The first-order chi connectivity index (χ1) is 11.6. The molecular weight excluding hydrogens is 397 g/mol. The molecule has 0 saturated carbocycles. The highest BCUT2D eigenvalue weighted by Crippen LogP contribution is 2.43. The van der Waals surface area contributed by atoms with E-state index >= 15 is 0 Å². The molecule has 0 radical (unpaired) electrons. The van der Waals surface area contributed by atoms with Crippen LogP contribution in [0.5, 0.6) is 0 Å². The van der Waals surface area contributed by atoms with Gasteiger partial charge in [0, 0.05) is 22.5 Å². The SMILES string of the molecule is CCN(Cc1ccc(Cl)s1)C(=O)CC(O)(c1nc(C)cs1)C(F)(F)F. The van der Waals surface area contributed by atoms with Crippen LogP contribution in [0.3, 0.4) is 0 Å². The van der Waals surface area contributed by atoms with Crippen molar-refractivity contribution in [2.75, 3.05) is 6.54 Å². The van der Waals surface area contributed by atoms with E-state index in [0.717, 1.165) is 4.88 Å². The van der Waals surface area contributed by atoms with Crippen LogP contribution in [0.25, 0.3) is 0 Å². The molecule has 0 saturated heterocycles. The number of hydrogen-bond donors (Lipinski definition) is 1. The zero-order valence-electron chi connectivity index (χ0n) is 13.4. The first-order valence-corrected chi connectivity index (χ1v) is 9.38. The van der Waals surface area contributed by atoms with Gasteiger partial charge >= 0.3 is 6.18 Å². The quantitative estimate of drug-likeness (QED) is 0.767. The van der Waals surface area contributed by atoms with E-state index in [-0.39, 0.29) is 13.1 Å². The maximum Gasteiger partial charge on any atom is 0.424 e. The minimum Gasteiger partial charge on any atom is -0.374 e. The molecule has 1 amide bonds. The largest absolute Gasteiger partial charge is 0.424 e. The van der Waals surface area contributed by atoms with E-state index < -0.39 is 29.1 Å². The number of halogens is 4. The summed E-state index contributed by atoms with van der Waals surface area (Å²) >= 11 is 7.77. The van der Waals surface area contributed by atoms with Crippen molar-refractivity contribution in [3.05, 3.63) is 37.4 Å². The predicted octanol–water partition coefficient (Wildman–Crippen LogP) is 4.36. The summed E-state index contributed by atoms with van der Waals surface area (Å²) in [5, 5.41) is 11.2. The highest BCUT2D eigenvalue weighted by atomic mass is 35.5. The molecule has 0 spiro atoms. The van der Waals surface area contributed by atoms with E-state index in [9.17, 15) is 23.1 Å². The molecule has 25 heavy (non-hydrogen) atoms. The fraction of sp³-hybridized carbons (Fsp3) is 0.467. The van der Waals surface area contributed by atoms with Crippen molar-refractivity contribution in [2.24, 2.45) is 0 Å². The minimum absolute atomic E-state index is 0.136. The smallest absolute Gasteiger partial charge is 0.374 e. The summed E-state index contributed by atoms with van der Waals surface area (Å²) in [6, 6.07) is 3.37. The average Bonchev–Trinajstić information content (AvgIpc) is 3.12. The third-order valence-electron chi connectivity index (χ3n) is 3.56. The molecule has 1 unspecified atom stereocenters. The van der Waals surface area contributed by atoms with E-state index in [1.807, 2.05) is 0 Å². The summed E-state index contributed by atoms with van der Waals surface area (Å²) in [6.07, 6.45) is -6.13. The number of carbonyl (C=O) groups excluding carboxylic acids is 1. The summed E-state index contributed by atoms with van der Waals surface area (Å²) in [5.74, 6) is -0.806. The lowest BCUT2D eigenvalue weighted by Crippen LogP contribution is -2.47. The molecule has 138 valence electrons. The first-order valence-electron chi connectivity index (χ1n) is 7.30. The maximum atomic E-state index is 13.5. The van der Waals surface area contributed by atoms with Crippen molar-refractivity contribution in [3.8, 4) is 0 Å². The zero-order valence-corrected chi connectivity index (χ0v) is 15.8. The van der Waals surface area contributed by atoms with Crippen LogP contribution in [0.15, 0.2) is 17.5 Å². The molecule has 0 bridgehead atoms. The lowest BCUT2D eigenvalue weighted by atomic mass is 9.98. The Morgan fingerprint density at radius 1 is 1.40 bits per heavy atom. The topological polar surface area (TPSA) is 53.4 Å². The van der Waals surface area contributed by atoms with E-state index in [4.69, 9.17) is 11.6 Å². The Labute approximate surface area is 155 Å². The highest BCUT2D eigenvalue weighted by Gasteiger charge is 2.58. The van der Waals surface area contributed by atoms with E-state index in [1.165, 1.54) is 28.5 Å².